The molecule has 64 valence electrons. The van der Waals surface area contributed by atoms with Gasteiger partial charge in [-0.15, -0.1) is 0 Å². The van der Waals surface area contributed by atoms with Gasteiger partial charge in [0.15, 0.2) is 0 Å². The Hall–Kier alpha value is -0.910. The monoisotopic (exact) mass is 180 g/mol. The van der Waals surface area contributed by atoms with Crippen molar-refractivity contribution in [2.45, 2.75) is 6.42 Å². The highest BCUT2D eigenvalue weighted by Crippen LogP contribution is 1.87. The van der Waals surface area contributed by atoms with E-state index < -0.39 is 28.5 Å². The third-order valence-electron chi connectivity index (χ3n) is 0.828. The summed E-state index contributed by atoms with van der Waals surface area (Å²) < 4.78 is 10.6. The first kappa shape index (κ1) is 10.1. The summed E-state index contributed by atoms with van der Waals surface area (Å²) in [6.07, 6.45) is -0.250. The summed E-state index contributed by atoms with van der Waals surface area (Å²) in [6, 6.07) is 0. The van der Waals surface area contributed by atoms with Gasteiger partial charge in [0.1, 0.15) is 5.75 Å². The van der Waals surface area contributed by atoms with Crippen LogP contribution in [0.3, 0.4) is 0 Å². The second kappa shape index (κ2) is 4.84. The Kier molecular flexibility index (Phi) is 4.44. The fourth-order valence-corrected chi connectivity index (χ4v) is 1.23. The lowest BCUT2D eigenvalue weighted by atomic mass is 10.5. The third kappa shape index (κ3) is 6.98. The number of carboxylic acid groups (broad SMARTS) is 2. The molecule has 0 amide bonds. The van der Waals surface area contributed by atoms with Gasteiger partial charge >= 0.3 is 11.9 Å². The van der Waals surface area contributed by atoms with Crippen molar-refractivity contribution in [3.63, 3.8) is 0 Å². The van der Waals surface area contributed by atoms with Gasteiger partial charge in [0.25, 0.3) is 0 Å². The minimum atomic E-state index is -1.55. The molecule has 1 unspecified atom stereocenters. The molecule has 0 aliphatic heterocycles. The molecule has 0 spiro atoms. The van der Waals surface area contributed by atoms with Gasteiger partial charge in [-0.3, -0.25) is 13.8 Å². The average Bonchev–Trinajstić information content (AvgIpc) is 1.82. The van der Waals surface area contributed by atoms with Crippen molar-refractivity contribution in [3.8, 4) is 0 Å². The number of rotatable bonds is 5. The van der Waals surface area contributed by atoms with Crippen molar-refractivity contribution in [1.29, 1.82) is 0 Å². The minimum absolute atomic E-state index is 0.0956. The van der Waals surface area contributed by atoms with Crippen LogP contribution in [0.1, 0.15) is 6.42 Å². The van der Waals surface area contributed by atoms with Crippen LogP contribution in [-0.2, 0) is 20.4 Å². The molecule has 0 aromatic heterocycles. The van der Waals surface area contributed by atoms with E-state index in [1.54, 1.807) is 0 Å². The molecule has 11 heavy (non-hydrogen) atoms. The first-order valence-electron chi connectivity index (χ1n) is 2.81. The number of carboxylic acids is 2. The summed E-state index contributed by atoms with van der Waals surface area (Å²) in [7, 11) is -1.55. The zero-order valence-electron chi connectivity index (χ0n) is 5.65. The van der Waals surface area contributed by atoms with E-state index in [1.165, 1.54) is 0 Å². The zero-order valence-corrected chi connectivity index (χ0v) is 6.47. The van der Waals surface area contributed by atoms with Crippen molar-refractivity contribution in [1.82, 2.24) is 0 Å². The molecule has 0 saturated carbocycles. The van der Waals surface area contributed by atoms with Crippen LogP contribution >= 0.6 is 0 Å². The zero-order chi connectivity index (χ0) is 8.85. The van der Waals surface area contributed by atoms with Crippen molar-refractivity contribution in [2.75, 3.05) is 11.5 Å². The van der Waals surface area contributed by atoms with Crippen LogP contribution in [0, 0.1) is 0 Å². The Labute approximate surface area is 65.5 Å². The van der Waals surface area contributed by atoms with Crippen molar-refractivity contribution < 1.29 is 24.0 Å². The number of hydrogen-bond donors (Lipinski definition) is 2. The topological polar surface area (TPSA) is 91.7 Å². The van der Waals surface area contributed by atoms with E-state index in [2.05, 4.69) is 0 Å². The van der Waals surface area contributed by atoms with E-state index >= 15 is 0 Å². The van der Waals surface area contributed by atoms with Crippen molar-refractivity contribution >= 4 is 22.7 Å². The van der Waals surface area contributed by atoms with Crippen LogP contribution in [0.4, 0.5) is 0 Å². The van der Waals surface area contributed by atoms with Gasteiger partial charge in [-0.05, 0) is 0 Å². The SMILES string of the molecule is O=C(O)CCS(=O)CC(=O)O. The van der Waals surface area contributed by atoms with Crippen molar-refractivity contribution in [3.05, 3.63) is 0 Å². The fraction of sp³-hybridized carbons (Fsp3) is 0.600. The Morgan fingerprint density at radius 1 is 1.18 bits per heavy atom. The van der Waals surface area contributed by atoms with E-state index in [0.717, 1.165) is 0 Å². The molecule has 0 bridgehead atoms. The molecule has 6 heteroatoms. The molecule has 0 rings (SSSR count). The summed E-state index contributed by atoms with van der Waals surface area (Å²) in [5.74, 6) is -2.81. The molecule has 0 aliphatic rings. The Morgan fingerprint density at radius 3 is 2.09 bits per heavy atom. The van der Waals surface area contributed by atoms with Gasteiger partial charge < -0.3 is 10.2 Å². The quantitative estimate of drug-likeness (QED) is 0.583. The van der Waals surface area contributed by atoms with Crippen LogP contribution < -0.4 is 0 Å². The first-order valence-corrected chi connectivity index (χ1v) is 4.29. The second-order valence-corrected chi connectivity index (χ2v) is 3.40. The van der Waals surface area contributed by atoms with Gasteiger partial charge in [0.05, 0.1) is 6.42 Å². The maximum atomic E-state index is 10.6. The second-order valence-electron chi connectivity index (χ2n) is 1.83. The summed E-state index contributed by atoms with van der Waals surface area (Å²) >= 11 is 0. The number of carbonyl (C=O) groups is 2. The molecule has 0 aromatic carbocycles. The smallest absolute Gasteiger partial charge is 0.316 e. The molecule has 0 fully saturated rings. The lowest BCUT2D eigenvalue weighted by Gasteiger charge is -1.93. The highest BCUT2D eigenvalue weighted by Gasteiger charge is 2.07. The van der Waals surface area contributed by atoms with E-state index in [-0.39, 0.29) is 12.2 Å². The predicted molar refractivity (Wildman–Crippen MR) is 37.8 cm³/mol. The van der Waals surface area contributed by atoms with Crippen LogP contribution in [0.25, 0.3) is 0 Å². The molecule has 0 aliphatic carbocycles. The van der Waals surface area contributed by atoms with Crippen molar-refractivity contribution in [2.24, 2.45) is 0 Å². The molecule has 0 heterocycles. The van der Waals surface area contributed by atoms with E-state index in [4.69, 9.17) is 10.2 Å². The van der Waals surface area contributed by atoms with Gasteiger partial charge in [-0.1, -0.05) is 0 Å². The highest BCUT2D eigenvalue weighted by molar-refractivity contribution is 7.85. The van der Waals surface area contributed by atoms with E-state index in [9.17, 15) is 13.8 Å². The normalized spacial score (nSPS) is 12.4. The van der Waals surface area contributed by atoms with Gasteiger partial charge in [0.2, 0.25) is 0 Å². The van der Waals surface area contributed by atoms with Gasteiger partial charge in [-0.2, -0.15) is 0 Å². The Bertz CT molecular complexity index is 187. The predicted octanol–water partition coefficient (Wildman–Crippen LogP) is -0.706. The molecule has 0 saturated heterocycles. The molecule has 0 radical (unpaired) electrons. The van der Waals surface area contributed by atoms with Crippen LogP contribution in [0.2, 0.25) is 0 Å². The number of hydrogen-bond acceptors (Lipinski definition) is 3. The molecular weight excluding hydrogens is 172 g/mol. The summed E-state index contributed by atoms with van der Waals surface area (Å²) in [5.41, 5.74) is 0. The van der Waals surface area contributed by atoms with Crippen LogP contribution in [0.15, 0.2) is 0 Å². The largest absolute Gasteiger partial charge is 0.481 e. The molecule has 5 nitrogen and oxygen atoms in total. The fourth-order valence-electron chi connectivity index (χ4n) is 0.411. The standard InChI is InChI=1S/C5H8O5S/c6-4(7)1-2-11(10)3-5(8)9/h1-3H2,(H,6,7)(H,8,9). The Morgan fingerprint density at radius 2 is 1.73 bits per heavy atom. The van der Waals surface area contributed by atoms with Crippen LogP contribution in [0.5, 0.6) is 0 Å². The first-order chi connectivity index (χ1) is 5.02. The lowest BCUT2D eigenvalue weighted by Crippen LogP contribution is -2.13. The van der Waals surface area contributed by atoms with E-state index in [0.29, 0.717) is 0 Å². The van der Waals surface area contributed by atoms with Gasteiger partial charge in [-0.25, -0.2) is 0 Å². The average molecular weight is 180 g/mol. The summed E-state index contributed by atoms with van der Waals surface area (Å²) in [6.45, 7) is 0. The number of aliphatic carboxylic acids is 2. The summed E-state index contributed by atoms with van der Waals surface area (Å²) in [4.78, 5) is 19.8. The highest BCUT2D eigenvalue weighted by atomic mass is 32.2. The third-order valence-corrected chi connectivity index (χ3v) is 2.06. The van der Waals surface area contributed by atoms with Crippen LogP contribution in [-0.4, -0.2) is 37.9 Å². The van der Waals surface area contributed by atoms with E-state index in [1.807, 2.05) is 0 Å². The Balaban J connectivity index is 3.53. The summed E-state index contributed by atoms with van der Waals surface area (Å²) in [5, 5.41) is 16.2. The molecule has 0 aromatic rings. The molecule has 1 atom stereocenters. The lowest BCUT2D eigenvalue weighted by molar-refractivity contribution is -0.137. The maximum absolute atomic E-state index is 10.6. The molecule has 2 N–H and O–H groups in total. The minimum Gasteiger partial charge on any atom is -0.481 e. The maximum Gasteiger partial charge on any atom is 0.316 e. The molecular formula is C5H8O5S. The van der Waals surface area contributed by atoms with Gasteiger partial charge in [0, 0.05) is 16.6 Å².